The van der Waals surface area contributed by atoms with Crippen molar-refractivity contribution in [3.05, 3.63) is 101 Å². The molecule has 2 unspecified atom stereocenters. The number of likely N-dealkylation sites (N-methyl/N-ethyl adjacent to an activating group) is 1. The Kier molecular flexibility index (Phi) is 7.79. The van der Waals surface area contributed by atoms with Crippen LogP contribution >= 0.6 is 0 Å². The average molecular weight is 513 g/mol. The SMILES string of the molecule is Cc1ccc2c(c1OCc1ccccc1)CC(C(=O)O)N(C(=O)C(c1ccccc1)N(C)C1CCCC1)C2. The van der Waals surface area contributed by atoms with Crippen molar-refractivity contribution in [2.45, 2.75) is 70.3 Å². The van der Waals surface area contributed by atoms with Crippen molar-refractivity contribution in [2.24, 2.45) is 0 Å². The van der Waals surface area contributed by atoms with Gasteiger partial charge in [-0.1, -0.05) is 85.6 Å². The summed E-state index contributed by atoms with van der Waals surface area (Å²) >= 11 is 0. The normalized spacial score (nSPS) is 18.3. The van der Waals surface area contributed by atoms with E-state index in [9.17, 15) is 14.7 Å². The Morgan fingerprint density at radius 2 is 1.66 bits per heavy atom. The van der Waals surface area contributed by atoms with Gasteiger partial charge in [0.15, 0.2) is 0 Å². The van der Waals surface area contributed by atoms with E-state index in [1.165, 1.54) is 0 Å². The number of rotatable bonds is 8. The molecule has 1 fully saturated rings. The van der Waals surface area contributed by atoms with Gasteiger partial charge in [0.2, 0.25) is 5.91 Å². The lowest BCUT2D eigenvalue weighted by molar-refractivity contribution is -0.154. The number of amides is 1. The molecule has 5 rings (SSSR count). The van der Waals surface area contributed by atoms with E-state index in [1.807, 2.05) is 86.8 Å². The molecule has 38 heavy (non-hydrogen) atoms. The van der Waals surface area contributed by atoms with Gasteiger partial charge < -0.3 is 14.7 Å². The predicted molar refractivity (Wildman–Crippen MR) is 147 cm³/mol. The minimum Gasteiger partial charge on any atom is -0.488 e. The van der Waals surface area contributed by atoms with Crippen LogP contribution in [-0.4, -0.2) is 45.9 Å². The van der Waals surface area contributed by atoms with E-state index < -0.39 is 18.1 Å². The molecule has 0 radical (unpaired) electrons. The number of benzene rings is 3. The fraction of sp³-hybridized carbons (Fsp3) is 0.375. The Bertz CT molecular complexity index is 1270. The first kappa shape index (κ1) is 26.0. The number of hydrogen-bond acceptors (Lipinski definition) is 4. The number of hydrogen-bond donors (Lipinski definition) is 1. The molecule has 1 aliphatic carbocycles. The summed E-state index contributed by atoms with van der Waals surface area (Å²) in [7, 11) is 2.01. The van der Waals surface area contributed by atoms with E-state index in [-0.39, 0.29) is 18.9 Å². The Morgan fingerprint density at radius 3 is 2.32 bits per heavy atom. The Labute approximate surface area is 224 Å². The maximum Gasteiger partial charge on any atom is 0.326 e. The van der Waals surface area contributed by atoms with Crippen molar-refractivity contribution in [1.29, 1.82) is 0 Å². The van der Waals surface area contributed by atoms with Gasteiger partial charge in [-0.2, -0.15) is 0 Å². The molecule has 1 N–H and O–H groups in total. The van der Waals surface area contributed by atoms with E-state index in [0.717, 1.165) is 59.3 Å². The highest BCUT2D eigenvalue weighted by Crippen LogP contribution is 2.37. The highest BCUT2D eigenvalue weighted by molar-refractivity contribution is 5.89. The van der Waals surface area contributed by atoms with Crippen LogP contribution in [0.2, 0.25) is 0 Å². The Hall–Kier alpha value is -3.64. The van der Waals surface area contributed by atoms with Gasteiger partial charge in [0.25, 0.3) is 0 Å². The van der Waals surface area contributed by atoms with E-state index in [1.54, 1.807) is 4.90 Å². The van der Waals surface area contributed by atoms with Crippen LogP contribution in [0.5, 0.6) is 5.75 Å². The first-order chi connectivity index (χ1) is 18.4. The van der Waals surface area contributed by atoms with Crippen LogP contribution in [-0.2, 0) is 29.2 Å². The third kappa shape index (κ3) is 5.32. The molecule has 1 saturated carbocycles. The maximum atomic E-state index is 14.3. The predicted octanol–water partition coefficient (Wildman–Crippen LogP) is 5.53. The number of ether oxygens (including phenoxy) is 1. The van der Waals surface area contributed by atoms with E-state index >= 15 is 0 Å². The molecule has 0 bridgehead atoms. The average Bonchev–Trinajstić information content (AvgIpc) is 3.48. The molecule has 1 aliphatic heterocycles. The third-order valence-corrected chi connectivity index (χ3v) is 8.12. The van der Waals surface area contributed by atoms with Gasteiger partial charge in [-0.25, -0.2) is 4.79 Å². The van der Waals surface area contributed by atoms with Gasteiger partial charge in [0.05, 0.1) is 0 Å². The zero-order chi connectivity index (χ0) is 26.6. The molecule has 1 heterocycles. The van der Waals surface area contributed by atoms with Crippen molar-refractivity contribution in [2.75, 3.05) is 7.05 Å². The van der Waals surface area contributed by atoms with Crippen LogP contribution in [0.25, 0.3) is 0 Å². The molecule has 3 aromatic carbocycles. The standard InChI is InChI=1S/C32H36N2O4/c1-22-17-18-25-20-34(28(32(36)37)19-27(25)30(22)38-21-23-11-5-3-6-12-23)31(35)29(24-13-7-4-8-14-24)33(2)26-15-9-10-16-26/h3-8,11-14,17-18,26,28-29H,9-10,15-16,19-21H2,1-2H3,(H,36,37). The lowest BCUT2D eigenvalue weighted by Crippen LogP contribution is -2.53. The molecule has 6 nitrogen and oxygen atoms in total. The van der Waals surface area contributed by atoms with Crippen LogP contribution < -0.4 is 4.74 Å². The summed E-state index contributed by atoms with van der Waals surface area (Å²) in [6.07, 6.45) is 4.64. The number of carboxylic acids is 1. The molecule has 3 aromatic rings. The third-order valence-electron chi connectivity index (χ3n) is 8.12. The summed E-state index contributed by atoms with van der Waals surface area (Å²) in [5.41, 5.74) is 4.74. The van der Waals surface area contributed by atoms with Crippen molar-refractivity contribution < 1.29 is 19.4 Å². The minimum atomic E-state index is -0.991. The highest BCUT2D eigenvalue weighted by Gasteiger charge is 2.41. The van der Waals surface area contributed by atoms with Crippen molar-refractivity contribution in [3.8, 4) is 5.75 Å². The molecule has 198 valence electrons. The number of carboxylic acid groups (broad SMARTS) is 1. The number of aryl methyl sites for hydroxylation is 1. The number of nitrogens with zero attached hydrogens (tertiary/aromatic N) is 2. The smallest absolute Gasteiger partial charge is 0.326 e. The first-order valence-electron chi connectivity index (χ1n) is 13.5. The molecule has 0 spiro atoms. The van der Waals surface area contributed by atoms with Crippen molar-refractivity contribution in [3.63, 3.8) is 0 Å². The van der Waals surface area contributed by atoms with Crippen LogP contribution in [0.4, 0.5) is 0 Å². The molecular weight excluding hydrogens is 476 g/mol. The van der Waals surface area contributed by atoms with Crippen LogP contribution in [0.1, 0.15) is 59.5 Å². The van der Waals surface area contributed by atoms with Gasteiger partial charge in [-0.05, 0) is 49.1 Å². The summed E-state index contributed by atoms with van der Waals surface area (Å²) in [6, 6.07) is 22.5. The van der Waals surface area contributed by atoms with Gasteiger partial charge >= 0.3 is 5.97 Å². The molecular formula is C32H36N2O4. The second-order valence-corrected chi connectivity index (χ2v) is 10.6. The second kappa shape index (κ2) is 11.4. The summed E-state index contributed by atoms with van der Waals surface area (Å²) in [5.74, 6) is -0.418. The Morgan fingerprint density at radius 1 is 1.00 bits per heavy atom. The summed E-state index contributed by atoms with van der Waals surface area (Å²) < 4.78 is 6.26. The number of aliphatic carboxylic acids is 1. The minimum absolute atomic E-state index is 0.157. The fourth-order valence-electron chi connectivity index (χ4n) is 6.00. The lowest BCUT2D eigenvalue weighted by Gasteiger charge is -2.40. The van der Waals surface area contributed by atoms with Gasteiger partial charge in [0.1, 0.15) is 24.4 Å². The molecule has 6 heteroatoms. The van der Waals surface area contributed by atoms with E-state index in [4.69, 9.17) is 4.74 Å². The maximum absolute atomic E-state index is 14.3. The van der Waals surface area contributed by atoms with E-state index in [0.29, 0.717) is 12.6 Å². The molecule has 0 aromatic heterocycles. The monoisotopic (exact) mass is 512 g/mol. The highest BCUT2D eigenvalue weighted by atomic mass is 16.5. The largest absolute Gasteiger partial charge is 0.488 e. The fourth-order valence-corrected chi connectivity index (χ4v) is 6.00. The quantitative estimate of drug-likeness (QED) is 0.430. The van der Waals surface area contributed by atoms with Gasteiger partial charge in [0, 0.05) is 24.6 Å². The summed E-state index contributed by atoms with van der Waals surface area (Å²) in [6.45, 7) is 2.63. The number of carbonyl (C=O) groups excluding carboxylic acids is 1. The molecule has 1 amide bonds. The van der Waals surface area contributed by atoms with Crippen LogP contribution in [0, 0.1) is 6.92 Å². The van der Waals surface area contributed by atoms with E-state index in [2.05, 4.69) is 4.90 Å². The first-order valence-corrected chi connectivity index (χ1v) is 13.5. The zero-order valence-corrected chi connectivity index (χ0v) is 22.2. The van der Waals surface area contributed by atoms with Crippen molar-refractivity contribution >= 4 is 11.9 Å². The number of carbonyl (C=O) groups is 2. The molecule has 2 aliphatic rings. The van der Waals surface area contributed by atoms with Gasteiger partial charge in [-0.15, -0.1) is 0 Å². The molecule has 0 saturated heterocycles. The second-order valence-electron chi connectivity index (χ2n) is 10.6. The van der Waals surface area contributed by atoms with Crippen LogP contribution in [0.15, 0.2) is 72.8 Å². The Balaban J connectivity index is 1.47. The number of fused-ring (bicyclic) bond motifs is 1. The topological polar surface area (TPSA) is 70.1 Å². The summed E-state index contributed by atoms with van der Waals surface area (Å²) in [5, 5.41) is 10.3. The summed E-state index contributed by atoms with van der Waals surface area (Å²) in [4.78, 5) is 30.6. The van der Waals surface area contributed by atoms with Crippen molar-refractivity contribution in [1.82, 2.24) is 9.80 Å². The molecule has 2 atom stereocenters. The zero-order valence-electron chi connectivity index (χ0n) is 22.2. The lowest BCUT2D eigenvalue weighted by atomic mass is 9.90. The van der Waals surface area contributed by atoms with Gasteiger partial charge in [-0.3, -0.25) is 9.69 Å². The van der Waals surface area contributed by atoms with Crippen LogP contribution in [0.3, 0.4) is 0 Å².